The molecule has 1 aromatic heterocycles. The Kier molecular flexibility index (Phi) is 5.65. The van der Waals surface area contributed by atoms with E-state index in [1.54, 1.807) is 26.3 Å². The van der Waals surface area contributed by atoms with Gasteiger partial charge in [0.05, 0.1) is 25.0 Å². The number of carbonyl (C=O) groups is 1. The maximum Gasteiger partial charge on any atom is 0.251 e. The fourth-order valence-electron chi connectivity index (χ4n) is 5.14. The van der Waals surface area contributed by atoms with E-state index < -0.39 is 0 Å². The van der Waals surface area contributed by atoms with Crippen LogP contribution in [-0.2, 0) is 0 Å². The van der Waals surface area contributed by atoms with Gasteiger partial charge in [0, 0.05) is 18.7 Å². The summed E-state index contributed by atoms with van der Waals surface area (Å²) in [4.78, 5) is 26.2. The zero-order valence-electron chi connectivity index (χ0n) is 19.2. The second-order valence-electron chi connectivity index (χ2n) is 8.57. The van der Waals surface area contributed by atoms with Crippen LogP contribution in [-0.4, -0.2) is 54.6 Å². The Hall–Kier alpha value is -3.56. The van der Waals surface area contributed by atoms with Gasteiger partial charge in [-0.15, -0.1) is 0 Å². The Morgan fingerprint density at radius 1 is 1.30 bits per heavy atom. The Bertz CT molecular complexity index is 1070. The van der Waals surface area contributed by atoms with Crippen molar-refractivity contribution in [2.45, 2.75) is 57.3 Å². The molecule has 3 heterocycles. The zero-order valence-corrected chi connectivity index (χ0v) is 19.2. The molecule has 5 rings (SSSR count). The molecule has 2 aliphatic heterocycles. The van der Waals surface area contributed by atoms with Crippen molar-refractivity contribution >= 4 is 35.4 Å². The summed E-state index contributed by atoms with van der Waals surface area (Å²) < 4.78 is 5.52. The lowest BCUT2D eigenvalue weighted by Crippen LogP contribution is -2.60. The van der Waals surface area contributed by atoms with Gasteiger partial charge in [0.15, 0.2) is 5.82 Å². The molecule has 0 bridgehead atoms. The summed E-state index contributed by atoms with van der Waals surface area (Å²) in [6.45, 7) is 2.22. The maximum absolute atomic E-state index is 12.0. The van der Waals surface area contributed by atoms with Crippen LogP contribution < -0.4 is 30.6 Å². The van der Waals surface area contributed by atoms with Crippen LogP contribution in [0.5, 0.6) is 5.75 Å². The Labute approximate surface area is 193 Å². The number of methoxy groups -OCH3 is 1. The number of hydrazone groups is 1. The van der Waals surface area contributed by atoms with Crippen LogP contribution in [0.15, 0.2) is 29.5 Å². The van der Waals surface area contributed by atoms with Crippen molar-refractivity contribution in [1.29, 1.82) is 0 Å². The predicted molar refractivity (Wildman–Crippen MR) is 128 cm³/mol. The number of rotatable bonds is 6. The molecule has 3 N–H and O–H groups in total. The first-order valence-electron chi connectivity index (χ1n) is 11.5. The van der Waals surface area contributed by atoms with Gasteiger partial charge in [0.25, 0.3) is 5.91 Å². The van der Waals surface area contributed by atoms with Crippen LogP contribution in [0.2, 0.25) is 0 Å². The van der Waals surface area contributed by atoms with Crippen molar-refractivity contribution < 1.29 is 9.53 Å². The van der Waals surface area contributed by atoms with Crippen molar-refractivity contribution in [3.8, 4) is 5.75 Å². The molecular weight excluding hydrogens is 420 g/mol. The number of aromatic nitrogens is 2. The molecule has 3 aliphatic rings. The summed E-state index contributed by atoms with van der Waals surface area (Å²) in [7, 11) is 3.18. The summed E-state index contributed by atoms with van der Waals surface area (Å²) in [6.07, 6.45) is 9.59. The van der Waals surface area contributed by atoms with Crippen LogP contribution in [0, 0.1) is 0 Å². The highest BCUT2D eigenvalue weighted by Gasteiger charge is 2.44. The minimum Gasteiger partial charge on any atom is -0.495 e. The monoisotopic (exact) mass is 450 g/mol. The lowest BCUT2D eigenvalue weighted by Gasteiger charge is -2.47. The van der Waals surface area contributed by atoms with Crippen molar-refractivity contribution in [2.75, 3.05) is 29.3 Å². The smallest absolute Gasteiger partial charge is 0.251 e. The molecule has 10 heteroatoms. The van der Waals surface area contributed by atoms with E-state index in [1.165, 1.54) is 25.7 Å². The molecule has 10 nitrogen and oxygen atoms in total. The van der Waals surface area contributed by atoms with Gasteiger partial charge in [0.1, 0.15) is 23.9 Å². The molecule has 0 saturated heterocycles. The van der Waals surface area contributed by atoms with Gasteiger partial charge in [-0.2, -0.15) is 10.1 Å². The first-order valence-corrected chi connectivity index (χ1v) is 11.5. The van der Waals surface area contributed by atoms with E-state index in [0.29, 0.717) is 29.0 Å². The molecule has 2 unspecified atom stereocenters. The van der Waals surface area contributed by atoms with Crippen molar-refractivity contribution in [3.05, 3.63) is 30.0 Å². The number of benzene rings is 1. The summed E-state index contributed by atoms with van der Waals surface area (Å²) in [5, 5.41) is 10.3. The van der Waals surface area contributed by atoms with Crippen LogP contribution in [0.4, 0.5) is 23.1 Å². The van der Waals surface area contributed by atoms with Gasteiger partial charge < -0.3 is 25.2 Å². The van der Waals surface area contributed by atoms with Crippen LogP contribution in [0.1, 0.15) is 49.4 Å². The third kappa shape index (κ3) is 3.69. The number of nitrogens with zero attached hydrogens (tertiary/aromatic N) is 5. The van der Waals surface area contributed by atoms with E-state index in [1.807, 2.05) is 18.6 Å². The zero-order chi connectivity index (χ0) is 22.9. The number of hydrogen-bond donors (Lipinski definition) is 3. The molecule has 174 valence electrons. The number of hydrogen-bond acceptors (Lipinski definition) is 9. The van der Waals surface area contributed by atoms with Crippen molar-refractivity contribution in [1.82, 2.24) is 20.7 Å². The number of ether oxygens (including phenoxy) is 1. The lowest BCUT2D eigenvalue weighted by molar-refractivity contribution is 0.0963. The molecular formula is C23H30N8O2. The average molecular weight is 451 g/mol. The normalized spacial score (nSPS) is 21.4. The predicted octanol–water partition coefficient (Wildman–Crippen LogP) is 2.81. The molecule has 1 aromatic carbocycles. The van der Waals surface area contributed by atoms with Crippen LogP contribution in [0.25, 0.3) is 0 Å². The SMILES string of the molecule is CCC1C2NN=CN2c2cnc(Nc3ccc(C(=O)NC)cc3OC)nc2N1C1CCCC1. The quantitative estimate of drug-likeness (QED) is 0.617. The second kappa shape index (κ2) is 8.76. The summed E-state index contributed by atoms with van der Waals surface area (Å²) in [5.74, 6) is 1.80. The molecule has 33 heavy (non-hydrogen) atoms. The summed E-state index contributed by atoms with van der Waals surface area (Å²) in [5.41, 5.74) is 5.45. The van der Waals surface area contributed by atoms with Crippen molar-refractivity contribution in [3.63, 3.8) is 0 Å². The minimum atomic E-state index is -0.168. The fraction of sp³-hybridized carbons (Fsp3) is 0.478. The fourth-order valence-corrected chi connectivity index (χ4v) is 5.14. The number of amides is 1. The highest BCUT2D eigenvalue weighted by atomic mass is 16.5. The number of fused-ring (bicyclic) bond motifs is 3. The highest BCUT2D eigenvalue weighted by Crippen LogP contribution is 2.42. The standard InChI is InChI=1S/C23H30N8O2/c1-4-17-21-29-26-13-30(21)18-12-25-23(28-20(18)31(17)15-7-5-6-8-15)27-16-10-9-14(22(32)24-2)11-19(16)33-3/h9-13,15,17,21,29H,4-8H2,1-3H3,(H,24,32)(H,25,27,28). The lowest BCUT2D eigenvalue weighted by atomic mass is 10.0. The molecule has 1 fully saturated rings. The third-order valence-corrected chi connectivity index (χ3v) is 6.76. The van der Waals surface area contributed by atoms with Gasteiger partial charge in [-0.05, 0) is 37.5 Å². The first-order chi connectivity index (χ1) is 16.1. The topological polar surface area (TPSA) is 107 Å². The van der Waals surface area contributed by atoms with Gasteiger partial charge in [-0.3, -0.25) is 10.2 Å². The maximum atomic E-state index is 12.0. The van der Waals surface area contributed by atoms with E-state index in [4.69, 9.17) is 9.72 Å². The van der Waals surface area contributed by atoms with E-state index in [2.05, 4.69) is 42.9 Å². The second-order valence-corrected chi connectivity index (χ2v) is 8.57. The largest absolute Gasteiger partial charge is 0.495 e. The van der Waals surface area contributed by atoms with Gasteiger partial charge in [-0.25, -0.2) is 4.98 Å². The molecule has 0 spiro atoms. The summed E-state index contributed by atoms with van der Waals surface area (Å²) >= 11 is 0. The average Bonchev–Trinajstić information content (AvgIpc) is 3.55. The molecule has 1 saturated carbocycles. The molecule has 1 aliphatic carbocycles. The van der Waals surface area contributed by atoms with Crippen LogP contribution in [0.3, 0.4) is 0 Å². The molecule has 2 aromatic rings. The van der Waals surface area contributed by atoms with Crippen molar-refractivity contribution in [2.24, 2.45) is 5.10 Å². The Morgan fingerprint density at radius 2 is 2.12 bits per heavy atom. The van der Waals surface area contributed by atoms with Crippen LogP contribution >= 0.6 is 0 Å². The third-order valence-electron chi connectivity index (χ3n) is 6.76. The number of carbonyl (C=O) groups excluding carboxylic acids is 1. The van der Waals surface area contributed by atoms with E-state index in [-0.39, 0.29) is 18.1 Å². The molecule has 0 radical (unpaired) electrons. The van der Waals surface area contributed by atoms with Gasteiger partial charge >= 0.3 is 0 Å². The van der Waals surface area contributed by atoms with E-state index in [0.717, 1.165) is 17.9 Å². The molecule has 2 atom stereocenters. The minimum absolute atomic E-state index is 0.0860. The van der Waals surface area contributed by atoms with Gasteiger partial charge in [-0.1, -0.05) is 19.8 Å². The Morgan fingerprint density at radius 3 is 2.85 bits per heavy atom. The van der Waals surface area contributed by atoms with E-state index >= 15 is 0 Å². The molecule has 1 amide bonds. The Balaban J connectivity index is 1.51. The summed E-state index contributed by atoms with van der Waals surface area (Å²) in [6, 6.07) is 5.98. The first kappa shape index (κ1) is 21.3. The number of anilines is 4. The van der Waals surface area contributed by atoms with E-state index in [9.17, 15) is 4.79 Å². The van der Waals surface area contributed by atoms with Gasteiger partial charge in [0.2, 0.25) is 5.95 Å². The highest BCUT2D eigenvalue weighted by molar-refractivity contribution is 5.95. The number of nitrogens with one attached hydrogen (secondary N) is 3.